The molecule has 1 fully saturated rings. The summed E-state index contributed by atoms with van der Waals surface area (Å²) in [6.07, 6.45) is 3.32. The Hall–Kier alpha value is -5.43. The van der Waals surface area contributed by atoms with Crippen LogP contribution in [0.1, 0.15) is 25.1 Å². The fourth-order valence-corrected chi connectivity index (χ4v) is 7.28. The first-order valence-electron chi connectivity index (χ1n) is 15.5. The summed E-state index contributed by atoms with van der Waals surface area (Å²) < 4.78 is 55.6. The molecule has 9 nitrogen and oxygen atoms in total. The number of halogens is 3. The molecule has 0 bridgehead atoms. The van der Waals surface area contributed by atoms with E-state index in [9.17, 15) is 14.0 Å². The number of hydrogen-bond donors (Lipinski definition) is 2. The normalized spacial score (nSPS) is 15.3. The molecule has 0 unspecified atom stereocenters. The van der Waals surface area contributed by atoms with Gasteiger partial charge in [-0.2, -0.15) is 5.10 Å². The zero-order valence-corrected chi connectivity index (χ0v) is 27.6. The number of carbonyl (C=O) groups is 2. The maximum Gasteiger partial charge on any atom is 0.243 e. The summed E-state index contributed by atoms with van der Waals surface area (Å²) in [5.41, 5.74) is 2.84. The quantitative estimate of drug-likeness (QED) is 0.158. The number of aromatic amines is 1. The van der Waals surface area contributed by atoms with Crippen LogP contribution in [0.2, 0.25) is 0 Å². The number of ether oxygens (including phenoxy) is 1. The van der Waals surface area contributed by atoms with Gasteiger partial charge in [0.25, 0.3) is 0 Å². The van der Waals surface area contributed by atoms with Crippen molar-refractivity contribution in [2.45, 2.75) is 19.4 Å². The number of carbonyl (C=O) groups excluding carboxylic acids is 2. The lowest BCUT2D eigenvalue weighted by Crippen LogP contribution is -2.24. The third kappa shape index (κ3) is 5.84. The largest absolute Gasteiger partial charge is 0.492 e. The van der Waals surface area contributed by atoms with Gasteiger partial charge >= 0.3 is 0 Å². The van der Waals surface area contributed by atoms with Gasteiger partial charge in [0.15, 0.2) is 0 Å². The fraction of sp³-hybridized carbons (Fsp3) is 0.222. The molecule has 7 rings (SSSR count). The minimum atomic E-state index is -0.981. The Morgan fingerprint density at radius 3 is 2.71 bits per heavy atom. The van der Waals surface area contributed by atoms with Crippen LogP contribution in [-0.4, -0.2) is 56.7 Å². The summed E-state index contributed by atoms with van der Waals surface area (Å²) in [5.74, 6) is -3.29. The van der Waals surface area contributed by atoms with E-state index in [0.717, 1.165) is 40.4 Å². The zero-order chi connectivity index (χ0) is 34.6. The van der Waals surface area contributed by atoms with Crippen molar-refractivity contribution >= 4 is 44.1 Å². The molecule has 250 valence electrons. The second-order valence-corrected chi connectivity index (χ2v) is 13.1. The molecular formula is C36H31F3N6O3S. The molecule has 0 radical (unpaired) electrons. The van der Waals surface area contributed by atoms with E-state index in [4.69, 9.17) is 9.72 Å². The topological polar surface area (TPSA) is 105 Å². The average Bonchev–Trinajstić information content (AvgIpc) is 3.87. The molecule has 2 aromatic carbocycles. The Balaban J connectivity index is 1.46. The Morgan fingerprint density at radius 1 is 1.14 bits per heavy atom. The molecule has 1 saturated heterocycles. The maximum atomic E-state index is 16.2. The molecule has 4 aromatic heterocycles. The lowest BCUT2D eigenvalue weighted by molar-refractivity contribution is -0.126. The van der Waals surface area contributed by atoms with Gasteiger partial charge in [0.1, 0.15) is 34.6 Å². The number of amides is 2. The summed E-state index contributed by atoms with van der Waals surface area (Å²) in [7, 11) is 3.62. The van der Waals surface area contributed by atoms with Crippen molar-refractivity contribution in [2.24, 2.45) is 13.0 Å². The standard InChI is InChI=1S/C36H31F3N6O3S/c1-5-29(46)40-18(2)25-14-26(43-42-25)35-33(31-23(38)12-22(37)13-28(31)48-16-19-10-30(47)45(4)15-19)32-24(39)17-49-36(32)34(41-35)21-6-7-27-20(11-21)8-9-44(27)3/h5-9,11-14,17-19H,1,10,15-16H2,2-4H3,(H,40,46)(H,42,43)/t18-,19+/m1/s1. The molecule has 5 heterocycles. The molecule has 0 aliphatic carbocycles. The Morgan fingerprint density at radius 2 is 1.96 bits per heavy atom. The number of likely N-dealkylation sites (tertiary alicyclic amines) is 1. The van der Waals surface area contributed by atoms with Crippen LogP contribution in [0.25, 0.3) is 54.8 Å². The van der Waals surface area contributed by atoms with Gasteiger partial charge in [0.2, 0.25) is 11.8 Å². The predicted molar refractivity (Wildman–Crippen MR) is 182 cm³/mol. The second kappa shape index (κ2) is 12.5. The van der Waals surface area contributed by atoms with Crippen LogP contribution >= 0.6 is 11.3 Å². The van der Waals surface area contributed by atoms with Crippen molar-refractivity contribution in [3.05, 3.63) is 89.8 Å². The van der Waals surface area contributed by atoms with Gasteiger partial charge in [-0.1, -0.05) is 12.6 Å². The number of aryl methyl sites for hydroxylation is 1. The van der Waals surface area contributed by atoms with Crippen LogP contribution in [0.15, 0.2) is 66.7 Å². The van der Waals surface area contributed by atoms with Crippen LogP contribution in [0.4, 0.5) is 13.2 Å². The smallest absolute Gasteiger partial charge is 0.243 e. The molecule has 49 heavy (non-hydrogen) atoms. The highest BCUT2D eigenvalue weighted by Crippen LogP contribution is 2.48. The van der Waals surface area contributed by atoms with E-state index in [1.165, 1.54) is 5.38 Å². The Kier molecular flexibility index (Phi) is 8.23. The van der Waals surface area contributed by atoms with Gasteiger partial charge in [-0.3, -0.25) is 14.7 Å². The maximum absolute atomic E-state index is 16.2. The number of benzene rings is 2. The van der Waals surface area contributed by atoms with Crippen LogP contribution in [0, 0.1) is 23.4 Å². The van der Waals surface area contributed by atoms with Gasteiger partial charge in [0, 0.05) is 84.1 Å². The summed E-state index contributed by atoms with van der Waals surface area (Å²) >= 11 is 1.12. The number of rotatable bonds is 9. The van der Waals surface area contributed by atoms with E-state index in [1.54, 1.807) is 24.9 Å². The van der Waals surface area contributed by atoms with E-state index in [0.29, 0.717) is 28.2 Å². The number of fused-ring (bicyclic) bond motifs is 2. The van der Waals surface area contributed by atoms with E-state index >= 15 is 8.78 Å². The van der Waals surface area contributed by atoms with E-state index in [1.807, 2.05) is 42.1 Å². The first-order valence-corrected chi connectivity index (χ1v) is 16.4. The van der Waals surface area contributed by atoms with Crippen LogP contribution < -0.4 is 10.1 Å². The second-order valence-electron chi connectivity index (χ2n) is 12.2. The highest BCUT2D eigenvalue weighted by molar-refractivity contribution is 7.17. The minimum Gasteiger partial charge on any atom is -0.492 e. The average molecular weight is 685 g/mol. The van der Waals surface area contributed by atoms with Crippen molar-refractivity contribution in [2.75, 3.05) is 20.2 Å². The molecule has 2 atom stereocenters. The zero-order valence-electron chi connectivity index (χ0n) is 26.8. The van der Waals surface area contributed by atoms with Gasteiger partial charge in [-0.15, -0.1) is 11.3 Å². The molecule has 1 aliphatic heterocycles. The van der Waals surface area contributed by atoms with Crippen LogP contribution in [0.3, 0.4) is 0 Å². The lowest BCUT2D eigenvalue weighted by atomic mass is 9.94. The van der Waals surface area contributed by atoms with Crippen LogP contribution in [-0.2, 0) is 16.6 Å². The fourth-order valence-electron chi connectivity index (χ4n) is 6.35. The van der Waals surface area contributed by atoms with Gasteiger partial charge < -0.3 is 19.5 Å². The molecule has 0 saturated carbocycles. The number of aromatic nitrogens is 4. The number of pyridine rings is 1. The number of nitrogens with one attached hydrogen (secondary N) is 2. The Bertz CT molecular complexity index is 2290. The van der Waals surface area contributed by atoms with E-state index in [-0.39, 0.29) is 58.5 Å². The molecule has 2 N–H and O–H groups in total. The van der Waals surface area contributed by atoms with Crippen molar-refractivity contribution < 1.29 is 27.5 Å². The molecular weight excluding hydrogens is 653 g/mol. The summed E-state index contributed by atoms with van der Waals surface area (Å²) in [6, 6.07) is 10.6. The SMILES string of the molecule is C=CC(=O)N[C@H](C)c1cc(-c2nc(-c3ccc4c(ccn4C)c3)c3scc(F)c3c2-c2c(F)cc(F)cc2OC[C@H]2CC(=O)N(C)C2)n[nH]1. The highest BCUT2D eigenvalue weighted by Gasteiger charge is 2.31. The summed E-state index contributed by atoms with van der Waals surface area (Å²) in [6.45, 7) is 5.67. The highest BCUT2D eigenvalue weighted by atomic mass is 32.1. The van der Waals surface area contributed by atoms with E-state index in [2.05, 4.69) is 22.1 Å². The molecule has 6 aromatic rings. The van der Waals surface area contributed by atoms with Crippen molar-refractivity contribution in [1.29, 1.82) is 0 Å². The number of thiophene rings is 1. The van der Waals surface area contributed by atoms with Crippen LogP contribution in [0.5, 0.6) is 5.75 Å². The van der Waals surface area contributed by atoms with Gasteiger partial charge in [-0.25, -0.2) is 18.2 Å². The lowest BCUT2D eigenvalue weighted by Gasteiger charge is -2.19. The van der Waals surface area contributed by atoms with Gasteiger partial charge in [-0.05, 0) is 37.3 Å². The third-order valence-corrected chi connectivity index (χ3v) is 9.80. The van der Waals surface area contributed by atoms with Gasteiger partial charge in [0.05, 0.1) is 34.3 Å². The minimum absolute atomic E-state index is 0.00619. The molecule has 13 heteroatoms. The summed E-state index contributed by atoms with van der Waals surface area (Å²) in [4.78, 5) is 30.8. The Labute approximate surface area is 283 Å². The molecule has 0 spiro atoms. The summed E-state index contributed by atoms with van der Waals surface area (Å²) in [5, 5.41) is 12.5. The monoisotopic (exact) mass is 684 g/mol. The van der Waals surface area contributed by atoms with Crippen molar-refractivity contribution in [3.63, 3.8) is 0 Å². The molecule has 1 aliphatic rings. The first kappa shape index (κ1) is 32.1. The first-order chi connectivity index (χ1) is 23.5. The van der Waals surface area contributed by atoms with E-state index < -0.39 is 29.4 Å². The molecule has 2 amide bonds. The number of nitrogens with zero attached hydrogens (tertiary/aromatic N) is 4. The van der Waals surface area contributed by atoms with Crippen molar-refractivity contribution in [3.8, 4) is 39.5 Å². The number of hydrogen-bond acceptors (Lipinski definition) is 6. The number of H-pyrrole nitrogens is 1. The van der Waals surface area contributed by atoms with Crippen molar-refractivity contribution in [1.82, 2.24) is 30.0 Å². The third-order valence-electron chi connectivity index (χ3n) is 8.85. The predicted octanol–water partition coefficient (Wildman–Crippen LogP) is 7.15.